The maximum Gasteiger partial charge on any atom is 0.253 e. The predicted molar refractivity (Wildman–Crippen MR) is 86.2 cm³/mol. The Hall–Kier alpha value is -1.79. The molecule has 0 aliphatic heterocycles. The number of benzene rings is 1. The van der Waals surface area contributed by atoms with Gasteiger partial charge in [0.2, 0.25) is 0 Å². The fraction of sp³-hybridized carbons (Fsp3) is 0.500. The number of aliphatic hydroxyl groups is 1. The van der Waals surface area contributed by atoms with Gasteiger partial charge in [0.15, 0.2) is 0 Å². The standard InChI is InChI=1S/C18H25NO2/c1-5-14(2)13-19(4)18(21)17-10-9-16(15(3)12-17)8-6-7-11-20/h9-10,12,14,20H,5,7,11,13H2,1-4H3. The molecule has 0 aliphatic carbocycles. The minimum Gasteiger partial charge on any atom is -0.395 e. The van der Waals surface area contributed by atoms with Gasteiger partial charge in [0, 0.05) is 31.1 Å². The molecule has 0 aromatic heterocycles. The van der Waals surface area contributed by atoms with Crippen molar-refractivity contribution in [2.45, 2.75) is 33.6 Å². The number of aryl methyl sites for hydroxylation is 1. The Labute approximate surface area is 128 Å². The van der Waals surface area contributed by atoms with E-state index in [0.717, 1.165) is 24.1 Å². The number of hydrogen-bond donors (Lipinski definition) is 1. The van der Waals surface area contributed by atoms with Crippen molar-refractivity contribution in [1.82, 2.24) is 4.90 Å². The molecule has 1 rings (SSSR count). The number of carbonyl (C=O) groups excluding carboxylic acids is 1. The number of carbonyl (C=O) groups is 1. The van der Waals surface area contributed by atoms with E-state index >= 15 is 0 Å². The molecule has 0 fully saturated rings. The zero-order valence-electron chi connectivity index (χ0n) is 13.4. The van der Waals surface area contributed by atoms with Gasteiger partial charge >= 0.3 is 0 Å². The third kappa shape index (κ3) is 5.24. The van der Waals surface area contributed by atoms with Crippen LogP contribution < -0.4 is 0 Å². The third-order valence-corrected chi connectivity index (χ3v) is 3.56. The molecule has 1 atom stereocenters. The summed E-state index contributed by atoms with van der Waals surface area (Å²) in [5, 5.41) is 8.73. The number of hydrogen-bond acceptors (Lipinski definition) is 2. The molecule has 0 saturated heterocycles. The van der Waals surface area contributed by atoms with E-state index < -0.39 is 0 Å². The van der Waals surface area contributed by atoms with Crippen LogP contribution in [0.1, 0.15) is 48.2 Å². The summed E-state index contributed by atoms with van der Waals surface area (Å²) in [5.41, 5.74) is 2.60. The summed E-state index contributed by atoms with van der Waals surface area (Å²) >= 11 is 0. The van der Waals surface area contributed by atoms with Gasteiger partial charge < -0.3 is 10.0 Å². The smallest absolute Gasteiger partial charge is 0.253 e. The first-order valence-electron chi connectivity index (χ1n) is 7.45. The van der Waals surface area contributed by atoms with Crippen LogP contribution in [0, 0.1) is 24.7 Å². The van der Waals surface area contributed by atoms with Crippen molar-refractivity contribution in [2.75, 3.05) is 20.2 Å². The molecule has 0 radical (unpaired) electrons. The lowest BCUT2D eigenvalue weighted by atomic mass is 10.0. The van der Waals surface area contributed by atoms with Crippen LogP contribution in [0.4, 0.5) is 0 Å². The quantitative estimate of drug-likeness (QED) is 0.846. The molecule has 1 N–H and O–H groups in total. The molecular formula is C18H25NO2. The zero-order valence-corrected chi connectivity index (χ0v) is 13.4. The van der Waals surface area contributed by atoms with Crippen LogP contribution in [-0.4, -0.2) is 36.1 Å². The monoisotopic (exact) mass is 287 g/mol. The molecule has 3 nitrogen and oxygen atoms in total. The molecule has 1 aromatic rings. The Morgan fingerprint density at radius 1 is 1.43 bits per heavy atom. The average molecular weight is 287 g/mol. The molecule has 0 heterocycles. The van der Waals surface area contributed by atoms with E-state index in [2.05, 4.69) is 25.7 Å². The molecule has 1 aromatic carbocycles. The molecule has 114 valence electrons. The van der Waals surface area contributed by atoms with E-state index in [1.165, 1.54) is 0 Å². The highest BCUT2D eigenvalue weighted by Crippen LogP contribution is 2.13. The molecule has 0 bridgehead atoms. The molecule has 3 heteroatoms. The van der Waals surface area contributed by atoms with E-state index in [1.807, 2.05) is 32.2 Å². The molecule has 1 unspecified atom stereocenters. The molecule has 0 saturated carbocycles. The van der Waals surface area contributed by atoms with Gasteiger partial charge in [0.05, 0.1) is 6.61 Å². The summed E-state index contributed by atoms with van der Waals surface area (Å²) in [6.07, 6.45) is 1.54. The van der Waals surface area contributed by atoms with Crippen molar-refractivity contribution >= 4 is 5.91 Å². The van der Waals surface area contributed by atoms with Gasteiger partial charge in [-0.15, -0.1) is 0 Å². The first kappa shape index (κ1) is 17.3. The van der Waals surface area contributed by atoms with Gasteiger partial charge in [0.1, 0.15) is 0 Å². The molecular weight excluding hydrogens is 262 g/mol. The highest BCUT2D eigenvalue weighted by atomic mass is 16.2. The van der Waals surface area contributed by atoms with Crippen LogP contribution in [0.15, 0.2) is 18.2 Å². The number of nitrogens with zero attached hydrogens (tertiary/aromatic N) is 1. The van der Waals surface area contributed by atoms with Gasteiger partial charge in [-0.1, -0.05) is 32.1 Å². The molecule has 0 aliphatic rings. The van der Waals surface area contributed by atoms with Gasteiger partial charge in [-0.2, -0.15) is 0 Å². The van der Waals surface area contributed by atoms with E-state index in [-0.39, 0.29) is 12.5 Å². The highest BCUT2D eigenvalue weighted by molar-refractivity contribution is 5.94. The van der Waals surface area contributed by atoms with Crippen molar-refractivity contribution in [3.63, 3.8) is 0 Å². The highest BCUT2D eigenvalue weighted by Gasteiger charge is 2.14. The number of rotatable bonds is 5. The maximum absolute atomic E-state index is 12.4. The van der Waals surface area contributed by atoms with E-state index in [0.29, 0.717) is 17.9 Å². The topological polar surface area (TPSA) is 40.5 Å². The fourth-order valence-electron chi connectivity index (χ4n) is 2.05. The molecule has 1 amide bonds. The Balaban J connectivity index is 2.83. The zero-order chi connectivity index (χ0) is 15.8. The lowest BCUT2D eigenvalue weighted by Gasteiger charge is -2.21. The lowest BCUT2D eigenvalue weighted by Crippen LogP contribution is -2.30. The van der Waals surface area contributed by atoms with Crippen LogP contribution in [0.5, 0.6) is 0 Å². The van der Waals surface area contributed by atoms with Gasteiger partial charge in [-0.05, 0) is 36.6 Å². The van der Waals surface area contributed by atoms with Gasteiger partial charge in [-0.3, -0.25) is 4.79 Å². The summed E-state index contributed by atoms with van der Waals surface area (Å²) in [6, 6.07) is 5.59. The molecule has 0 spiro atoms. The summed E-state index contributed by atoms with van der Waals surface area (Å²) in [4.78, 5) is 14.2. The minimum absolute atomic E-state index is 0.0493. The Morgan fingerprint density at radius 2 is 2.14 bits per heavy atom. The van der Waals surface area contributed by atoms with Gasteiger partial charge in [0.25, 0.3) is 5.91 Å². The van der Waals surface area contributed by atoms with Crippen molar-refractivity contribution in [1.29, 1.82) is 0 Å². The first-order chi connectivity index (χ1) is 9.99. The van der Waals surface area contributed by atoms with Crippen molar-refractivity contribution in [3.8, 4) is 11.8 Å². The second kappa shape index (κ2) is 8.49. The van der Waals surface area contributed by atoms with Crippen LogP contribution >= 0.6 is 0 Å². The van der Waals surface area contributed by atoms with Crippen LogP contribution in [0.25, 0.3) is 0 Å². The van der Waals surface area contributed by atoms with E-state index in [9.17, 15) is 4.79 Å². The second-order valence-corrected chi connectivity index (χ2v) is 5.50. The minimum atomic E-state index is 0.0493. The van der Waals surface area contributed by atoms with E-state index in [4.69, 9.17) is 5.11 Å². The maximum atomic E-state index is 12.4. The SMILES string of the molecule is CCC(C)CN(C)C(=O)c1ccc(C#CCCO)c(C)c1. The Morgan fingerprint density at radius 3 is 2.71 bits per heavy atom. The summed E-state index contributed by atoms with van der Waals surface area (Å²) in [5.74, 6) is 6.47. The van der Waals surface area contributed by atoms with Crippen molar-refractivity contribution < 1.29 is 9.90 Å². The second-order valence-electron chi connectivity index (χ2n) is 5.50. The first-order valence-corrected chi connectivity index (χ1v) is 7.45. The third-order valence-electron chi connectivity index (χ3n) is 3.56. The Kier molecular flexibility index (Phi) is 6.98. The fourth-order valence-corrected chi connectivity index (χ4v) is 2.05. The van der Waals surface area contributed by atoms with Crippen LogP contribution in [-0.2, 0) is 0 Å². The lowest BCUT2D eigenvalue weighted by molar-refractivity contribution is 0.0775. The largest absolute Gasteiger partial charge is 0.395 e. The van der Waals surface area contributed by atoms with Crippen LogP contribution in [0.2, 0.25) is 0 Å². The number of aliphatic hydroxyl groups excluding tert-OH is 1. The predicted octanol–water partition coefficient (Wildman–Crippen LogP) is 2.85. The normalized spacial score (nSPS) is 11.5. The van der Waals surface area contributed by atoms with Crippen molar-refractivity contribution in [3.05, 3.63) is 34.9 Å². The Bertz CT molecular complexity index is 540. The number of amides is 1. The average Bonchev–Trinajstić information content (AvgIpc) is 2.48. The van der Waals surface area contributed by atoms with Gasteiger partial charge in [-0.25, -0.2) is 0 Å². The van der Waals surface area contributed by atoms with E-state index in [1.54, 1.807) is 4.90 Å². The molecule has 21 heavy (non-hydrogen) atoms. The summed E-state index contributed by atoms with van der Waals surface area (Å²) < 4.78 is 0. The van der Waals surface area contributed by atoms with Crippen molar-refractivity contribution in [2.24, 2.45) is 5.92 Å². The summed E-state index contributed by atoms with van der Waals surface area (Å²) in [6.45, 7) is 7.08. The summed E-state index contributed by atoms with van der Waals surface area (Å²) in [7, 11) is 1.85. The van der Waals surface area contributed by atoms with Crippen LogP contribution in [0.3, 0.4) is 0 Å².